The molecule has 3 heterocycles. The van der Waals surface area contributed by atoms with Gasteiger partial charge in [0.15, 0.2) is 17.5 Å². The Balaban J connectivity index is 1.32. The maximum atomic E-state index is 13.7. The first-order valence-corrected chi connectivity index (χ1v) is 11.8. The molecule has 6 atom stereocenters. The standard InChI is InChI=1S/C25H25F3N4O6/c1-36-14-4-2-12(3-5-14)18-8-15(38-30-18)9-20-24(34)23(25(35)21(11-33)37-20)32-10-19(29-31-32)13-6-16(26)22(28)17(27)7-13/h2-7,10,15,20-21,23-25,33-35H,8-9,11H2,1H3/t15?,20-,21-,23-,24+,25+/m1/s1. The van der Waals surface area contributed by atoms with Crippen LogP contribution in [0.5, 0.6) is 5.75 Å². The molecule has 0 spiro atoms. The molecule has 2 aliphatic heterocycles. The van der Waals surface area contributed by atoms with Crippen molar-refractivity contribution in [2.75, 3.05) is 13.7 Å². The van der Waals surface area contributed by atoms with Crippen LogP contribution < -0.4 is 4.74 Å². The number of benzene rings is 2. The fraction of sp³-hybridized carbons (Fsp3) is 0.400. The predicted molar refractivity (Wildman–Crippen MR) is 126 cm³/mol. The Morgan fingerprint density at radius 1 is 1.03 bits per heavy atom. The minimum absolute atomic E-state index is 0.0116. The zero-order valence-electron chi connectivity index (χ0n) is 20.1. The lowest BCUT2D eigenvalue weighted by Gasteiger charge is -2.42. The topological polar surface area (TPSA) is 131 Å². The Bertz CT molecular complexity index is 1300. The summed E-state index contributed by atoms with van der Waals surface area (Å²) >= 11 is 0. The molecular formula is C25H25F3N4O6. The number of rotatable bonds is 7. The molecule has 0 aliphatic carbocycles. The molecule has 1 fully saturated rings. The van der Waals surface area contributed by atoms with Gasteiger partial charge in [-0.2, -0.15) is 0 Å². The second kappa shape index (κ2) is 10.7. The lowest BCUT2D eigenvalue weighted by atomic mass is 9.89. The summed E-state index contributed by atoms with van der Waals surface area (Å²) in [5.74, 6) is -3.70. The van der Waals surface area contributed by atoms with Gasteiger partial charge in [-0.25, -0.2) is 17.9 Å². The van der Waals surface area contributed by atoms with Crippen molar-refractivity contribution in [1.29, 1.82) is 0 Å². The second-order valence-corrected chi connectivity index (χ2v) is 9.14. The van der Waals surface area contributed by atoms with Crippen molar-refractivity contribution in [2.24, 2.45) is 5.16 Å². The van der Waals surface area contributed by atoms with E-state index in [0.29, 0.717) is 17.9 Å². The molecule has 202 valence electrons. The Morgan fingerprint density at radius 3 is 2.37 bits per heavy atom. The van der Waals surface area contributed by atoms with Crippen molar-refractivity contribution in [3.8, 4) is 17.0 Å². The first-order valence-electron chi connectivity index (χ1n) is 11.8. The van der Waals surface area contributed by atoms with Crippen LogP contribution in [0.2, 0.25) is 0 Å². The number of hydrogen-bond acceptors (Lipinski definition) is 9. The van der Waals surface area contributed by atoms with E-state index >= 15 is 0 Å². The molecule has 2 aliphatic rings. The minimum atomic E-state index is -1.61. The summed E-state index contributed by atoms with van der Waals surface area (Å²) in [7, 11) is 1.57. The summed E-state index contributed by atoms with van der Waals surface area (Å²) in [5.41, 5.74) is 1.46. The van der Waals surface area contributed by atoms with Crippen molar-refractivity contribution in [3.63, 3.8) is 0 Å². The highest BCUT2D eigenvalue weighted by Crippen LogP contribution is 2.34. The molecule has 0 saturated carbocycles. The maximum Gasteiger partial charge on any atom is 0.194 e. The largest absolute Gasteiger partial charge is 0.497 e. The molecule has 0 radical (unpaired) electrons. The highest BCUT2D eigenvalue weighted by Gasteiger charge is 2.47. The van der Waals surface area contributed by atoms with Crippen molar-refractivity contribution >= 4 is 5.71 Å². The van der Waals surface area contributed by atoms with Gasteiger partial charge in [-0.1, -0.05) is 10.4 Å². The van der Waals surface area contributed by atoms with Gasteiger partial charge >= 0.3 is 0 Å². The maximum absolute atomic E-state index is 13.7. The third-order valence-electron chi connectivity index (χ3n) is 6.74. The number of nitrogens with zero attached hydrogens (tertiary/aromatic N) is 4. The summed E-state index contributed by atoms with van der Waals surface area (Å²) in [6, 6.07) is 7.72. The van der Waals surface area contributed by atoms with Gasteiger partial charge in [0.05, 0.1) is 31.7 Å². The van der Waals surface area contributed by atoms with Gasteiger partial charge in [0, 0.05) is 18.4 Å². The van der Waals surface area contributed by atoms with Gasteiger partial charge in [-0.15, -0.1) is 5.10 Å². The van der Waals surface area contributed by atoms with Crippen LogP contribution >= 0.6 is 0 Å². The third-order valence-corrected chi connectivity index (χ3v) is 6.74. The van der Waals surface area contributed by atoms with Crippen LogP contribution in [-0.2, 0) is 9.57 Å². The summed E-state index contributed by atoms with van der Waals surface area (Å²) < 4.78 is 52.8. The van der Waals surface area contributed by atoms with Crippen molar-refractivity contribution in [2.45, 2.75) is 49.4 Å². The lowest BCUT2D eigenvalue weighted by molar-refractivity contribution is -0.212. The smallest absolute Gasteiger partial charge is 0.194 e. The van der Waals surface area contributed by atoms with Crippen LogP contribution in [0.4, 0.5) is 13.2 Å². The van der Waals surface area contributed by atoms with Crippen molar-refractivity contribution in [1.82, 2.24) is 15.0 Å². The molecule has 10 nitrogen and oxygen atoms in total. The van der Waals surface area contributed by atoms with Crippen LogP contribution in [0, 0.1) is 17.5 Å². The normalized spacial score (nSPS) is 27.2. The fourth-order valence-corrected chi connectivity index (χ4v) is 4.71. The van der Waals surface area contributed by atoms with E-state index in [2.05, 4.69) is 15.5 Å². The summed E-state index contributed by atoms with van der Waals surface area (Å²) in [5, 5.41) is 43.7. The lowest BCUT2D eigenvalue weighted by Crippen LogP contribution is -2.56. The molecule has 1 aromatic heterocycles. The first-order chi connectivity index (χ1) is 18.3. The molecule has 3 aromatic rings. The molecule has 3 N–H and O–H groups in total. The number of methoxy groups -OCH3 is 1. The minimum Gasteiger partial charge on any atom is -0.497 e. The van der Waals surface area contributed by atoms with E-state index in [1.807, 2.05) is 12.1 Å². The van der Waals surface area contributed by atoms with Crippen LogP contribution in [0.25, 0.3) is 11.3 Å². The molecule has 13 heteroatoms. The zero-order chi connectivity index (χ0) is 27.0. The van der Waals surface area contributed by atoms with E-state index in [0.717, 1.165) is 22.4 Å². The van der Waals surface area contributed by atoms with Crippen LogP contribution in [-0.4, -0.2) is 80.3 Å². The van der Waals surface area contributed by atoms with Crippen LogP contribution in [0.15, 0.2) is 47.8 Å². The van der Waals surface area contributed by atoms with E-state index in [-0.39, 0.29) is 17.7 Å². The third kappa shape index (κ3) is 4.97. The number of halogens is 3. The average Bonchev–Trinajstić information content (AvgIpc) is 3.59. The van der Waals surface area contributed by atoms with E-state index in [1.165, 1.54) is 6.20 Å². The SMILES string of the molecule is COc1ccc(C2=NOC(C[C@H]3O[C@H](CO)[C@H](O)[C@H](n4cc(-c5cc(F)c(F)c(F)c5)nn4)[C@H]3O)C2)cc1. The molecule has 1 unspecified atom stereocenters. The summed E-state index contributed by atoms with van der Waals surface area (Å²) in [4.78, 5) is 5.56. The zero-order valence-corrected chi connectivity index (χ0v) is 20.1. The van der Waals surface area contributed by atoms with Crippen molar-refractivity contribution in [3.05, 3.63) is 65.6 Å². The van der Waals surface area contributed by atoms with Gasteiger partial charge < -0.3 is 29.6 Å². The number of aliphatic hydroxyl groups is 3. The van der Waals surface area contributed by atoms with Gasteiger partial charge in [-0.3, -0.25) is 0 Å². The second-order valence-electron chi connectivity index (χ2n) is 9.14. The number of hydrogen-bond donors (Lipinski definition) is 3. The Labute approximate surface area is 214 Å². The van der Waals surface area contributed by atoms with Gasteiger partial charge in [0.25, 0.3) is 0 Å². The predicted octanol–water partition coefficient (Wildman–Crippen LogP) is 1.98. The fourth-order valence-electron chi connectivity index (χ4n) is 4.71. The summed E-state index contributed by atoms with van der Waals surface area (Å²) in [6.07, 6.45) is -3.23. The van der Waals surface area contributed by atoms with E-state index in [4.69, 9.17) is 14.3 Å². The van der Waals surface area contributed by atoms with Crippen molar-refractivity contribution < 1.29 is 42.8 Å². The van der Waals surface area contributed by atoms with Crippen LogP contribution in [0.1, 0.15) is 24.4 Å². The molecule has 2 aromatic carbocycles. The number of ether oxygens (including phenoxy) is 2. The molecule has 1 saturated heterocycles. The molecule has 0 bridgehead atoms. The average molecular weight is 534 g/mol. The van der Waals surface area contributed by atoms with E-state index in [1.54, 1.807) is 19.2 Å². The van der Waals surface area contributed by atoms with Gasteiger partial charge in [-0.05, 0) is 42.0 Å². The molecular weight excluding hydrogens is 509 g/mol. The van der Waals surface area contributed by atoms with E-state index in [9.17, 15) is 28.5 Å². The molecule has 38 heavy (non-hydrogen) atoms. The first kappa shape index (κ1) is 26.1. The highest BCUT2D eigenvalue weighted by atomic mass is 19.2. The van der Waals surface area contributed by atoms with Gasteiger partial charge in [0.2, 0.25) is 0 Å². The Morgan fingerprint density at radius 2 is 1.71 bits per heavy atom. The number of aromatic nitrogens is 3. The quantitative estimate of drug-likeness (QED) is 0.392. The Kier molecular flexibility index (Phi) is 7.34. The number of aliphatic hydroxyl groups excluding tert-OH is 3. The molecule has 5 rings (SSSR count). The number of oxime groups is 1. The monoisotopic (exact) mass is 534 g/mol. The van der Waals surface area contributed by atoms with Gasteiger partial charge in [0.1, 0.15) is 41.9 Å². The Hall–Kier alpha value is -3.52. The van der Waals surface area contributed by atoms with E-state index < -0.39 is 60.6 Å². The highest BCUT2D eigenvalue weighted by molar-refractivity contribution is 6.01. The van der Waals surface area contributed by atoms with Crippen LogP contribution in [0.3, 0.4) is 0 Å². The summed E-state index contributed by atoms with van der Waals surface area (Å²) in [6.45, 7) is -0.546. The molecule has 0 amide bonds.